The van der Waals surface area contributed by atoms with Crippen LogP contribution in [-0.2, 0) is 14.2 Å². The zero-order chi connectivity index (χ0) is 18.0. The summed E-state index contributed by atoms with van der Waals surface area (Å²) in [7, 11) is 1.53. The van der Waals surface area contributed by atoms with E-state index in [0.717, 1.165) is 4.57 Å². The molecule has 0 saturated carbocycles. The molecular weight excluding hydrogens is 320 g/mol. The number of H-pyrrole nitrogens is 1. The Bertz CT molecular complexity index is 736. The minimum Gasteiger partial charge on any atom is -0.506 e. The van der Waals surface area contributed by atoms with Gasteiger partial charge in [-0.05, 0) is 20.8 Å². The van der Waals surface area contributed by atoms with E-state index in [2.05, 4.69) is 4.98 Å². The fraction of sp³-hybridized carbons (Fsp3) is 0.600. The minimum absolute atomic E-state index is 0.0852. The summed E-state index contributed by atoms with van der Waals surface area (Å²) in [6, 6.07) is 0. The first-order valence-corrected chi connectivity index (χ1v) is 7.50. The number of rotatable bonds is 6. The number of aliphatic hydroxyl groups excluding tert-OH is 2. The van der Waals surface area contributed by atoms with Gasteiger partial charge in [0.05, 0.1) is 12.2 Å². The highest BCUT2D eigenvalue weighted by atomic mass is 16.6. The number of aromatic amines is 1. The van der Waals surface area contributed by atoms with E-state index in [1.807, 2.05) is 0 Å². The molecular formula is C15H22N2O7. The number of nitrogens with one attached hydrogen (secondary N) is 1. The molecule has 0 aromatic carbocycles. The third-order valence-electron chi connectivity index (χ3n) is 4.03. The molecule has 9 nitrogen and oxygen atoms in total. The number of ether oxygens (including phenoxy) is 3. The summed E-state index contributed by atoms with van der Waals surface area (Å²) in [6.07, 6.45) is -1.46. The molecule has 1 aliphatic rings. The molecule has 1 aliphatic heterocycles. The number of methoxy groups -OCH3 is 1. The van der Waals surface area contributed by atoms with Crippen molar-refractivity contribution in [3.05, 3.63) is 44.1 Å². The topological polar surface area (TPSA) is 123 Å². The van der Waals surface area contributed by atoms with E-state index in [9.17, 15) is 19.8 Å². The molecule has 0 bridgehead atoms. The molecule has 0 spiro atoms. The van der Waals surface area contributed by atoms with Gasteiger partial charge in [-0.15, -0.1) is 0 Å². The van der Waals surface area contributed by atoms with Crippen LogP contribution < -0.4 is 11.2 Å². The van der Waals surface area contributed by atoms with Crippen LogP contribution >= 0.6 is 0 Å². The van der Waals surface area contributed by atoms with Crippen LogP contribution in [-0.4, -0.2) is 51.8 Å². The molecule has 24 heavy (non-hydrogen) atoms. The number of hydrogen-bond donors (Lipinski definition) is 3. The van der Waals surface area contributed by atoms with Crippen LogP contribution in [0.25, 0.3) is 0 Å². The molecule has 1 aromatic rings. The van der Waals surface area contributed by atoms with Crippen molar-refractivity contribution in [3.8, 4) is 0 Å². The maximum atomic E-state index is 12.1. The Morgan fingerprint density at radius 3 is 2.62 bits per heavy atom. The van der Waals surface area contributed by atoms with Crippen molar-refractivity contribution in [1.29, 1.82) is 0 Å². The van der Waals surface area contributed by atoms with Crippen LogP contribution in [0.1, 0.15) is 25.6 Å². The molecule has 0 aliphatic carbocycles. The highest BCUT2D eigenvalue weighted by Crippen LogP contribution is 2.33. The summed E-state index contributed by atoms with van der Waals surface area (Å²) in [5.74, 6) is -0.383. The normalized spacial score (nSPS) is 23.2. The first-order chi connectivity index (χ1) is 11.3. The Kier molecular flexibility index (Phi) is 5.47. The van der Waals surface area contributed by atoms with Gasteiger partial charge in [-0.3, -0.25) is 14.3 Å². The lowest BCUT2D eigenvalue weighted by Crippen LogP contribution is -2.40. The van der Waals surface area contributed by atoms with Crippen molar-refractivity contribution in [1.82, 2.24) is 9.55 Å². The highest BCUT2D eigenvalue weighted by molar-refractivity contribution is 5.15. The molecule has 0 amide bonds. The Labute approximate surface area is 138 Å². The van der Waals surface area contributed by atoms with Crippen molar-refractivity contribution in [3.63, 3.8) is 0 Å². The molecule has 1 aromatic heterocycles. The Balaban J connectivity index is 2.40. The molecule has 2 heterocycles. The summed E-state index contributed by atoms with van der Waals surface area (Å²) in [6.45, 7) is 4.53. The van der Waals surface area contributed by atoms with E-state index >= 15 is 0 Å². The van der Waals surface area contributed by atoms with Gasteiger partial charge in [-0.1, -0.05) is 0 Å². The van der Waals surface area contributed by atoms with Crippen LogP contribution in [0.2, 0.25) is 0 Å². The number of aromatic nitrogens is 2. The standard InChI is InChI=1S/C15H22N2O7/c1-7-5-17(15(21)16-13(7)20)14-12(11(19)10(6-18)24-14)23-9(3)8(2)22-4/h5,8-9,12,14,18-19H,6H2,1-4H3,(H,16,20,21)/t8-,9+,12?,14+/m0/s1. The third kappa shape index (κ3) is 3.37. The predicted molar refractivity (Wildman–Crippen MR) is 83.7 cm³/mol. The van der Waals surface area contributed by atoms with Gasteiger partial charge < -0.3 is 24.4 Å². The van der Waals surface area contributed by atoms with Crippen molar-refractivity contribution in [2.24, 2.45) is 0 Å². The maximum Gasteiger partial charge on any atom is 0.331 e. The second kappa shape index (κ2) is 7.20. The van der Waals surface area contributed by atoms with Crippen LogP contribution in [0.15, 0.2) is 27.3 Å². The Hall–Kier alpha value is -2.10. The van der Waals surface area contributed by atoms with Crippen molar-refractivity contribution in [2.45, 2.75) is 45.3 Å². The van der Waals surface area contributed by atoms with Gasteiger partial charge in [0.2, 0.25) is 6.23 Å². The van der Waals surface area contributed by atoms with Gasteiger partial charge in [-0.25, -0.2) is 4.79 Å². The lowest BCUT2D eigenvalue weighted by Gasteiger charge is -2.27. The third-order valence-corrected chi connectivity index (χ3v) is 4.03. The zero-order valence-corrected chi connectivity index (χ0v) is 14.0. The molecule has 0 fully saturated rings. The smallest absolute Gasteiger partial charge is 0.331 e. The SMILES string of the molecule is CO[C@@H](C)[C@@H](C)OC1C(O)=C(CO)O[C@H]1n1cc(C)c(=O)[nH]c1=O. The second-order valence-corrected chi connectivity index (χ2v) is 5.66. The van der Waals surface area contributed by atoms with E-state index in [1.165, 1.54) is 20.2 Å². The Morgan fingerprint density at radius 2 is 2.04 bits per heavy atom. The number of aliphatic hydroxyl groups is 2. The van der Waals surface area contributed by atoms with Gasteiger partial charge in [0.1, 0.15) is 6.61 Å². The summed E-state index contributed by atoms with van der Waals surface area (Å²) < 4.78 is 17.5. The van der Waals surface area contributed by atoms with Crippen LogP contribution in [0, 0.1) is 6.92 Å². The second-order valence-electron chi connectivity index (χ2n) is 5.66. The first kappa shape index (κ1) is 18.2. The fourth-order valence-electron chi connectivity index (χ4n) is 2.32. The summed E-state index contributed by atoms with van der Waals surface area (Å²) in [5, 5.41) is 19.5. The van der Waals surface area contributed by atoms with Gasteiger partial charge in [0, 0.05) is 18.9 Å². The van der Waals surface area contributed by atoms with Gasteiger partial charge in [0.15, 0.2) is 17.6 Å². The molecule has 4 atom stereocenters. The molecule has 1 unspecified atom stereocenters. The van der Waals surface area contributed by atoms with Crippen LogP contribution in [0.4, 0.5) is 0 Å². The van der Waals surface area contributed by atoms with Crippen molar-refractivity contribution >= 4 is 0 Å². The molecule has 9 heteroatoms. The van der Waals surface area contributed by atoms with Gasteiger partial charge in [0.25, 0.3) is 5.56 Å². The largest absolute Gasteiger partial charge is 0.506 e. The Morgan fingerprint density at radius 1 is 1.38 bits per heavy atom. The highest BCUT2D eigenvalue weighted by Gasteiger charge is 2.41. The molecule has 134 valence electrons. The number of hydrogen-bond acceptors (Lipinski definition) is 7. The lowest BCUT2D eigenvalue weighted by atomic mass is 10.2. The lowest BCUT2D eigenvalue weighted by molar-refractivity contribution is -0.117. The van der Waals surface area contributed by atoms with Crippen molar-refractivity contribution < 1.29 is 24.4 Å². The van der Waals surface area contributed by atoms with Gasteiger partial charge in [-0.2, -0.15) is 0 Å². The molecule has 2 rings (SSSR count). The monoisotopic (exact) mass is 342 g/mol. The fourth-order valence-corrected chi connectivity index (χ4v) is 2.32. The van der Waals surface area contributed by atoms with E-state index in [1.54, 1.807) is 13.8 Å². The maximum absolute atomic E-state index is 12.1. The minimum atomic E-state index is -1.05. The summed E-state index contributed by atoms with van der Waals surface area (Å²) in [4.78, 5) is 25.8. The quantitative estimate of drug-likeness (QED) is 0.662. The number of nitrogens with zero attached hydrogens (tertiary/aromatic N) is 1. The van der Waals surface area contributed by atoms with Crippen LogP contribution in [0.3, 0.4) is 0 Å². The van der Waals surface area contributed by atoms with E-state index < -0.39 is 36.3 Å². The van der Waals surface area contributed by atoms with E-state index in [-0.39, 0.29) is 17.6 Å². The average molecular weight is 342 g/mol. The molecule has 0 saturated heterocycles. The average Bonchev–Trinajstić information content (AvgIpc) is 2.86. The summed E-state index contributed by atoms with van der Waals surface area (Å²) >= 11 is 0. The zero-order valence-electron chi connectivity index (χ0n) is 14.0. The van der Waals surface area contributed by atoms with Gasteiger partial charge >= 0.3 is 5.69 Å². The van der Waals surface area contributed by atoms with E-state index in [0.29, 0.717) is 5.56 Å². The number of aryl methyl sites for hydroxylation is 1. The van der Waals surface area contributed by atoms with Crippen LogP contribution in [0.5, 0.6) is 0 Å². The molecule has 0 radical (unpaired) electrons. The summed E-state index contributed by atoms with van der Waals surface area (Å²) in [5.41, 5.74) is -0.913. The van der Waals surface area contributed by atoms with E-state index in [4.69, 9.17) is 14.2 Å². The first-order valence-electron chi connectivity index (χ1n) is 7.50. The predicted octanol–water partition coefficient (Wildman–Crippen LogP) is -0.0557. The van der Waals surface area contributed by atoms with Crippen molar-refractivity contribution in [2.75, 3.05) is 13.7 Å². The molecule has 3 N–H and O–H groups in total.